The van der Waals surface area contributed by atoms with E-state index < -0.39 is 5.97 Å². The van der Waals surface area contributed by atoms with Crippen molar-refractivity contribution in [1.82, 2.24) is 0 Å². The molecule has 0 atom stereocenters. The molecule has 2 aromatic carbocycles. The van der Waals surface area contributed by atoms with E-state index >= 15 is 0 Å². The Morgan fingerprint density at radius 3 is 2.88 bits per heavy atom. The zero-order chi connectivity index (χ0) is 17.8. The van der Waals surface area contributed by atoms with E-state index in [4.69, 9.17) is 21.1 Å². The highest BCUT2D eigenvalue weighted by molar-refractivity contribution is 14.1. The van der Waals surface area contributed by atoms with Crippen LogP contribution >= 0.6 is 34.2 Å². The Balaban J connectivity index is 1.95. The third-order valence-electron chi connectivity index (χ3n) is 3.45. The van der Waals surface area contributed by atoms with Crippen molar-refractivity contribution in [2.24, 2.45) is 4.99 Å². The first-order valence-electron chi connectivity index (χ1n) is 7.78. The van der Waals surface area contributed by atoms with Gasteiger partial charge in [0, 0.05) is 9.13 Å². The molecule has 0 fully saturated rings. The van der Waals surface area contributed by atoms with Gasteiger partial charge in [-0.25, -0.2) is 9.79 Å². The topological polar surface area (TPSA) is 47.9 Å². The van der Waals surface area contributed by atoms with E-state index in [1.165, 1.54) is 0 Å². The fourth-order valence-electron chi connectivity index (χ4n) is 2.28. The molecule has 0 amide bonds. The van der Waals surface area contributed by atoms with Crippen molar-refractivity contribution < 1.29 is 14.3 Å². The number of hydrogen-bond donors (Lipinski definition) is 0. The lowest BCUT2D eigenvalue weighted by atomic mass is 10.1. The smallest absolute Gasteiger partial charge is 0.363 e. The van der Waals surface area contributed by atoms with Gasteiger partial charge in [0.2, 0.25) is 5.90 Å². The highest BCUT2D eigenvalue weighted by atomic mass is 127. The number of cyclic esters (lactones) is 1. The second-order valence-corrected chi connectivity index (χ2v) is 7.00. The van der Waals surface area contributed by atoms with Gasteiger partial charge in [-0.2, -0.15) is 0 Å². The molecule has 0 spiro atoms. The van der Waals surface area contributed by atoms with Crippen molar-refractivity contribution in [3.05, 3.63) is 67.9 Å². The van der Waals surface area contributed by atoms with Crippen molar-refractivity contribution in [3.8, 4) is 5.75 Å². The first-order chi connectivity index (χ1) is 12.1. The van der Waals surface area contributed by atoms with Crippen LogP contribution in [0.4, 0.5) is 0 Å². The number of benzene rings is 2. The van der Waals surface area contributed by atoms with E-state index in [0.717, 1.165) is 15.6 Å². The van der Waals surface area contributed by atoms with Crippen molar-refractivity contribution in [3.63, 3.8) is 0 Å². The van der Waals surface area contributed by atoms with Crippen LogP contribution in [0.15, 0.2) is 53.2 Å². The number of carbonyl (C=O) groups excluding carboxylic acids is 1. The molecule has 0 saturated carbocycles. The number of aliphatic imine (C=N–C) groups is 1. The fourth-order valence-corrected chi connectivity index (χ4v) is 2.97. The molecule has 3 rings (SSSR count). The third kappa shape index (κ3) is 4.22. The van der Waals surface area contributed by atoms with Crippen molar-refractivity contribution in [2.75, 3.05) is 6.61 Å². The molecule has 128 valence electrons. The van der Waals surface area contributed by atoms with Crippen LogP contribution < -0.4 is 4.74 Å². The maximum absolute atomic E-state index is 12.2. The predicted octanol–water partition coefficient (Wildman–Crippen LogP) is 5.08. The van der Waals surface area contributed by atoms with E-state index in [0.29, 0.717) is 22.9 Å². The van der Waals surface area contributed by atoms with Crippen molar-refractivity contribution in [2.45, 2.75) is 13.3 Å². The molecule has 2 aromatic rings. The van der Waals surface area contributed by atoms with Gasteiger partial charge in [-0.05, 0) is 59.4 Å². The molecule has 1 aliphatic rings. The first-order valence-corrected chi connectivity index (χ1v) is 9.24. The molecule has 0 unspecified atom stereocenters. The van der Waals surface area contributed by atoms with Gasteiger partial charge in [-0.15, -0.1) is 0 Å². The SMILES string of the molecule is CCCOc1ccccc1/C=C1\N=C(c2cc(I)ccc2Cl)OC1=O. The zero-order valence-corrected chi connectivity index (χ0v) is 16.4. The standard InChI is InChI=1S/C19H15ClINO3/c1-2-9-24-17-6-4-3-5-12(17)10-16-19(23)25-18(22-16)14-11-13(21)7-8-15(14)20/h3-8,10-11H,2,9H2,1H3/b16-10-. The van der Waals surface area contributed by atoms with Crippen LogP contribution in [0.1, 0.15) is 24.5 Å². The van der Waals surface area contributed by atoms with E-state index in [2.05, 4.69) is 27.6 Å². The second-order valence-electron chi connectivity index (χ2n) is 5.35. The summed E-state index contributed by atoms with van der Waals surface area (Å²) in [6, 6.07) is 13.0. The Labute approximate surface area is 164 Å². The van der Waals surface area contributed by atoms with Crippen molar-refractivity contribution >= 4 is 52.1 Å². The Kier molecular flexibility index (Phi) is 5.75. The second kappa shape index (κ2) is 8.01. The van der Waals surface area contributed by atoms with Crippen LogP contribution in [-0.4, -0.2) is 18.5 Å². The van der Waals surface area contributed by atoms with E-state index in [-0.39, 0.29) is 11.6 Å². The average molecular weight is 468 g/mol. The molecule has 0 bridgehead atoms. The van der Waals surface area contributed by atoms with Gasteiger partial charge in [0.15, 0.2) is 5.70 Å². The van der Waals surface area contributed by atoms with Gasteiger partial charge in [0.1, 0.15) is 5.75 Å². The Morgan fingerprint density at radius 2 is 2.08 bits per heavy atom. The molecule has 1 heterocycles. The fraction of sp³-hybridized carbons (Fsp3) is 0.158. The summed E-state index contributed by atoms with van der Waals surface area (Å²) < 4.78 is 12.0. The number of rotatable bonds is 5. The number of halogens is 2. The molecule has 0 radical (unpaired) electrons. The Hall–Kier alpha value is -1.86. The predicted molar refractivity (Wildman–Crippen MR) is 107 cm³/mol. The summed E-state index contributed by atoms with van der Waals surface area (Å²) >= 11 is 8.37. The number of esters is 1. The zero-order valence-electron chi connectivity index (χ0n) is 13.5. The van der Waals surface area contributed by atoms with Crippen LogP contribution in [0.5, 0.6) is 5.75 Å². The molecule has 4 nitrogen and oxygen atoms in total. The van der Waals surface area contributed by atoms with E-state index in [1.54, 1.807) is 12.1 Å². The molecule has 1 aliphatic heterocycles. The molecule has 25 heavy (non-hydrogen) atoms. The lowest BCUT2D eigenvalue weighted by Crippen LogP contribution is -2.06. The Morgan fingerprint density at radius 1 is 1.28 bits per heavy atom. The van der Waals surface area contributed by atoms with Gasteiger partial charge < -0.3 is 9.47 Å². The first kappa shape index (κ1) is 17.9. The van der Waals surface area contributed by atoms with E-state index in [9.17, 15) is 4.79 Å². The largest absolute Gasteiger partial charge is 0.493 e. The lowest BCUT2D eigenvalue weighted by molar-refractivity contribution is -0.129. The van der Waals surface area contributed by atoms with Gasteiger partial charge in [0.25, 0.3) is 0 Å². The number of carbonyl (C=O) groups is 1. The molecule has 0 N–H and O–H groups in total. The van der Waals surface area contributed by atoms with E-state index in [1.807, 2.05) is 43.3 Å². The van der Waals surface area contributed by atoms with Crippen LogP contribution in [0.3, 0.4) is 0 Å². The average Bonchev–Trinajstić information content (AvgIpc) is 2.97. The molecular weight excluding hydrogens is 453 g/mol. The number of nitrogens with zero attached hydrogens (tertiary/aromatic N) is 1. The molecule has 6 heteroatoms. The van der Waals surface area contributed by atoms with Crippen molar-refractivity contribution in [1.29, 1.82) is 0 Å². The molecular formula is C19H15ClINO3. The van der Waals surface area contributed by atoms with Gasteiger partial charge in [-0.1, -0.05) is 36.7 Å². The Bertz CT molecular complexity index is 877. The monoisotopic (exact) mass is 467 g/mol. The van der Waals surface area contributed by atoms with Gasteiger partial charge >= 0.3 is 5.97 Å². The maximum atomic E-state index is 12.2. The van der Waals surface area contributed by atoms with Gasteiger partial charge in [0.05, 0.1) is 17.2 Å². The van der Waals surface area contributed by atoms with Crippen LogP contribution in [-0.2, 0) is 9.53 Å². The summed E-state index contributed by atoms with van der Waals surface area (Å²) in [5.74, 6) is 0.419. The van der Waals surface area contributed by atoms with Crippen LogP contribution in [0.25, 0.3) is 6.08 Å². The summed E-state index contributed by atoms with van der Waals surface area (Å²) in [7, 11) is 0. The third-order valence-corrected chi connectivity index (χ3v) is 4.45. The van der Waals surface area contributed by atoms with Crippen LogP contribution in [0.2, 0.25) is 5.02 Å². The number of para-hydroxylation sites is 1. The quantitative estimate of drug-likeness (QED) is 0.350. The number of ether oxygens (including phenoxy) is 2. The number of hydrogen-bond acceptors (Lipinski definition) is 4. The summed E-state index contributed by atoms with van der Waals surface area (Å²) in [5, 5.41) is 0.486. The summed E-state index contributed by atoms with van der Waals surface area (Å²) in [4.78, 5) is 16.5. The minimum absolute atomic E-state index is 0.215. The minimum atomic E-state index is -0.504. The highest BCUT2D eigenvalue weighted by Gasteiger charge is 2.26. The summed E-state index contributed by atoms with van der Waals surface area (Å²) in [6.45, 7) is 2.65. The summed E-state index contributed by atoms with van der Waals surface area (Å²) in [5.41, 5.74) is 1.60. The van der Waals surface area contributed by atoms with Crippen LogP contribution in [0, 0.1) is 3.57 Å². The minimum Gasteiger partial charge on any atom is -0.493 e. The van der Waals surface area contributed by atoms with Gasteiger partial charge in [-0.3, -0.25) is 0 Å². The normalized spacial score (nSPS) is 15.2. The highest BCUT2D eigenvalue weighted by Crippen LogP contribution is 2.27. The maximum Gasteiger partial charge on any atom is 0.363 e. The molecule has 0 aliphatic carbocycles. The molecule has 0 saturated heterocycles. The lowest BCUT2D eigenvalue weighted by Gasteiger charge is -2.07. The molecule has 0 aromatic heterocycles. The summed E-state index contributed by atoms with van der Waals surface area (Å²) in [6.07, 6.45) is 2.57.